The molecular formula is C23H23N3O3. The van der Waals surface area contributed by atoms with Gasteiger partial charge in [-0.1, -0.05) is 60.7 Å². The summed E-state index contributed by atoms with van der Waals surface area (Å²) in [6.07, 6.45) is 0.367. The predicted octanol–water partition coefficient (Wildman–Crippen LogP) is 4.35. The molecule has 3 aromatic rings. The molecule has 0 fully saturated rings. The Morgan fingerprint density at radius 1 is 0.828 bits per heavy atom. The number of hydrogen-bond acceptors (Lipinski definition) is 4. The van der Waals surface area contributed by atoms with Crippen molar-refractivity contribution in [2.45, 2.75) is 12.3 Å². The third kappa shape index (κ3) is 5.90. The molecule has 0 aromatic heterocycles. The number of carbonyl (C=O) groups is 1. The quantitative estimate of drug-likeness (QED) is 0.324. The second kappa shape index (κ2) is 10.0. The minimum atomic E-state index is -0.431. The Morgan fingerprint density at radius 3 is 1.90 bits per heavy atom. The van der Waals surface area contributed by atoms with Crippen LogP contribution < -0.4 is 10.6 Å². The number of amides is 1. The molecule has 0 aliphatic rings. The maximum atomic E-state index is 12.5. The van der Waals surface area contributed by atoms with E-state index in [0.717, 1.165) is 16.8 Å². The Balaban J connectivity index is 1.52. The maximum Gasteiger partial charge on any atom is 0.269 e. The van der Waals surface area contributed by atoms with Gasteiger partial charge < -0.3 is 10.6 Å². The van der Waals surface area contributed by atoms with Crippen molar-refractivity contribution in [3.05, 3.63) is 106 Å². The summed E-state index contributed by atoms with van der Waals surface area (Å²) in [4.78, 5) is 22.8. The lowest BCUT2D eigenvalue weighted by atomic mass is 9.88. The summed E-state index contributed by atoms with van der Waals surface area (Å²) in [6.45, 7) is 0.997. The molecule has 0 saturated carbocycles. The van der Waals surface area contributed by atoms with E-state index in [2.05, 4.69) is 10.6 Å². The van der Waals surface area contributed by atoms with E-state index >= 15 is 0 Å². The van der Waals surface area contributed by atoms with Gasteiger partial charge in [0.15, 0.2) is 0 Å². The zero-order valence-corrected chi connectivity index (χ0v) is 16.0. The first-order valence-electron chi connectivity index (χ1n) is 9.48. The monoisotopic (exact) mass is 389 g/mol. The van der Waals surface area contributed by atoms with Crippen molar-refractivity contribution in [2.24, 2.45) is 0 Å². The number of non-ortho nitro benzene ring substituents is 1. The SMILES string of the molecule is O=C(CC(c1ccccc1)c1ccccc1)NCCNc1ccc([N+](=O)[O-])cc1. The van der Waals surface area contributed by atoms with Crippen molar-refractivity contribution in [3.8, 4) is 0 Å². The van der Waals surface area contributed by atoms with Crippen LogP contribution in [0.2, 0.25) is 0 Å². The van der Waals surface area contributed by atoms with Crippen molar-refractivity contribution in [1.82, 2.24) is 5.32 Å². The van der Waals surface area contributed by atoms with Crippen LogP contribution >= 0.6 is 0 Å². The van der Waals surface area contributed by atoms with Crippen LogP contribution in [0, 0.1) is 10.1 Å². The molecule has 0 aliphatic carbocycles. The highest BCUT2D eigenvalue weighted by atomic mass is 16.6. The predicted molar refractivity (Wildman–Crippen MR) is 114 cm³/mol. The van der Waals surface area contributed by atoms with E-state index in [1.165, 1.54) is 12.1 Å². The molecule has 0 spiro atoms. The molecule has 0 bridgehead atoms. The number of nitro groups is 1. The van der Waals surface area contributed by atoms with E-state index in [-0.39, 0.29) is 17.5 Å². The fraction of sp³-hybridized carbons (Fsp3) is 0.174. The Morgan fingerprint density at radius 2 is 1.38 bits per heavy atom. The van der Waals surface area contributed by atoms with Crippen molar-refractivity contribution in [2.75, 3.05) is 18.4 Å². The lowest BCUT2D eigenvalue weighted by molar-refractivity contribution is -0.384. The van der Waals surface area contributed by atoms with Gasteiger partial charge in [0, 0.05) is 43.2 Å². The van der Waals surface area contributed by atoms with Crippen LogP contribution in [0.1, 0.15) is 23.5 Å². The zero-order chi connectivity index (χ0) is 20.5. The Kier molecular flexibility index (Phi) is 6.95. The molecule has 148 valence electrons. The van der Waals surface area contributed by atoms with Crippen molar-refractivity contribution in [3.63, 3.8) is 0 Å². The van der Waals surface area contributed by atoms with E-state index in [4.69, 9.17) is 0 Å². The van der Waals surface area contributed by atoms with Crippen LogP contribution in [0.4, 0.5) is 11.4 Å². The van der Waals surface area contributed by atoms with Gasteiger partial charge in [-0.15, -0.1) is 0 Å². The molecule has 0 atom stereocenters. The number of benzene rings is 3. The fourth-order valence-corrected chi connectivity index (χ4v) is 3.17. The van der Waals surface area contributed by atoms with Crippen LogP contribution in [0.5, 0.6) is 0 Å². The average molecular weight is 389 g/mol. The molecule has 3 aromatic carbocycles. The number of nitrogens with zero attached hydrogens (tertiary/aromatic N) is 1. The Bertz CT molecular complexity index is 889. The van der Waals surface area contributed by atoms with Gasteiger partial charge in [0.25, 0.3) is 5.69 Å². The number of hydrogen-bond donors (Lipinski definition) is 2. The molecule has 6 nitrogen and oxygen atoms in total. The largest absolute Gasteiger partial charge is 0.383 e. The number of carbonyl (C=O) groups excluding carboxylic acids is 1. The van der Waals surface area contributed by atoms with E-state index in [9.17, 15) is 14.9 Å². The van der Waals surface area contributed by atoms with Crippen molar-refractivity contribution < 1.29 is 9.72 Å². The highest BCUT2D eigenvalue weighted by Gasteiger charge is 2.17. The highest BCUT2D eigenvalue weighted by molar-refractivity contribution is 5.77. The summed E-state index contributed by atoms with van der Waals surface area (Å²) < 4.78 is 0. The topological polar surface area (TPSA) is 84.3 Å². The van der Waals surface area contributed by atoms with Gasteiger partial charge in [-0.25, -0.2) is 0 Å². The molecule has 2 N–H and O–H groups in total. The minimum Gasteiger partial charge on any atom is -0.383 e. The Labute approximate surface area is 169 Å². The van der Waals surface area contributed by atoms with Gasteiger partial charge in [-0.2, -0.15) is 0 Å². The average Bonchev–Trinajstić information content (AvgIpc) is 2.76. The molecular weight excluding hydrogens is 366 g/mol. The second-order valence-electron chi connectivity index (χ2n) is 6.66. The number of nitrogens with one attached hydrogen (secondary N) is 2. The number of rotatable bonds is 9. The molecule has 0 saturated heterocycles. The summed E-state index contributed by atoms with van der Waals surface area (Å²) in [5.41, 5.74) is 3.05. The first-order chi connectivity index (χ1) is 14.1. The van der Waals surface area contributed by atoms with E-state index < -0.39 is 4.92 Å². The Hall–Kier alpha value is -3.67. The van der Waals surface area contributed by atoms with Crippen LogP contribution in [0.15, 0.2) is 84.9 Å². The van der Waals surface area contributed by atoms with Gasteiger partial charge in [0.2, 0.25) is 5.91 Å². The third-order valence-electron chi connectivity index (χ3n) is 4.65. The third-order valence-corrected chi connectivity index (χ3v) is 4.65. The molecule has 6 heteroatoms. The summed E-state index contributed by atoms with van der Waals surface area (Å²) in [5.74, 6) is -0.0202. The van der Waals surface area contributed by atoms with Crippen molar-refractivity contribution in [1.29, 1.82) is 0 Å². The van der Waals surface area contributed by atoms with Crippen LogP contribution in [-0.2, 0) is 4.79 Å². The number of nitro benzene ring substituents is 1. The highest BCUT2D eigenvalue weighted by Crippen LogP contribution is 2.27. The second-order valence-corrected chi connectivity index (χ2v) is 6.66. The van der Waals surface area contributed by atoms with Crippen LogP contribution in [0.3, 0.4) is 0 Å². The van der Waals surface area contributed by atoms with Gasteiger partial charge >= 0.3 is 0 Å². The van der Waals surface area contributed by atoms with Gasteiger partial charge in [0.1, 0.15) is 0 Å². The summed E-state index contributed by atoms with van der Waals surface area (Å²) in [5, 5.41) is 16.8. The summed E-state index contributed by atoms with van der Waals surface area (Å²) in [6, 6.07) is 26.2. The van der Waals surface area contributed by atoms with E-state index in [0.29, 0.717) is 19.5 Å². The van der Waals surface area contributed by atoms with Crippen LogP contribution in [0.25, 0.3) is 0 Å². The molecule has 1 amide bonds. The zero-order valence-electron chi connectivity index (χ0n) is 16.0. The molecule has 0 unspecified atom stereocenters. The van der Waals surface area contributed by atoms with E-state index in [1.54, 1.807) is 12.1 Å². The summed E-state index contributed by atoms with van der Waals surface area (Å²) in [7, 11) is 0. The number of anilines is 1. The van der Waals surface area contributed by atoms with E-state index in [1.807, 2.05) is 60.7 Å². The first kappa shape index (κ1) is 20.1. The van der Waals surface area contributed by atoms with Crippen LogP contribution in [-0.4, -0.2) is 23.9 Å². The molecule has 0 radical (unpaired) electrons. The molecule has 3 rings (SSSR count). The minimum absolute atomic E-state index is 0.0000293. The normalized spacial score (nSPS) is 10.5. The van der Waals surface area contributed by atoms with Crippen molar-refractivity contribution >= 4 is 17.3 Å². The smallest absolute Gasteiger partial charge is 0.269 e. The first-order valence-corrected chi connectivity index (χ1v) is 9.48. The molecule has 0 heterocycles. The summed E-state index contributed by atoms with van der Waals surface area (Å²) >= 11 is 0. The standard InChI is InChI=1S/C23H23N3O3/c27-23(25-16-15-24-20-11-13-21(14-12-20)26(28)29)17-22(18-7-3-1-4-8-18)19-9-5-2-6-10-19/h1-14,22,24H,15-17H2,(H,25,27). The lowest BCUT2D eigenvalue weighted by Gasteiger charge is -2.18. The fourth-order valence-electron chi connectivity index (χ4n) is 3.17. The van der Waals surface area contributed by atoms with Gasteiger partial charge in [0.05, 0.1) is 4.92 Å². The van der Waals surface area contributed by atoms with Gasteiger partial charge in [-0.05, 0) is 23.3 Å². The van der Waals surface area contributed by atoms with Gasteiger partial charge in [-0.3, -0.25) is 14.9 Å². The lowest BCUT2D eigenvalue weighted by Crippen LogP contribution is -2.30. The molecule has 0 aliphatic heterocycles. The molecule has 29 heavy (non-hydrogen) atoms. The maximum absolute atomic E-state index is 12.5.